The minimum Gasteiger partial charge on any atom is -0.326 e. The molecule has 1 aromatic heterocycles. The largest absolute Gasteiger partial charge is 0.326 e. The maximum absolute atomic E-state index is 12.2. The molecule has 0 spiro atoms. The van der Waals surface area contributed by atoms with Crippen molar-refractivity contribution >= 4 is 23.2 Å². The normalized spacial score (nSPS) is 13.0. The maximum Gasteiger partial charge on any atom is 0.290 e. The van der Waals surface area contributed by atoms with Crippen molar-refractivity contribution in [3.8, 4) is 0 Å². The highest BCUT2D eigenvalue weighted by molar-refractivity contribution is 5.91. The van der Waals surface area contributed by atoms with Crippen LogP contribution in [0.4, 0.5) is 11.4 Å². The average Bonchev–Trinajstić information content (AvgIpc) is 2.56. The summed E-state index contributed by atoms with van der Waals surface area (Å²) in [5, 5.41) is 5.58. The van der Waals surface area contributed by atoms with Crippen molar-refractivity contribution in [2.75, 3.05) is 10.6 Å². The maximum atomic E-state index is 12.2. The Morgan fingerprint density at radius 1 is 0.958 bits per heavy atom. The Labute approximate surface area is 141 Å². The zero-order valence-electron chi connectivity index (χ0n) is 13.8. The molecule has 0 bridgehead atoms. The smallest absolute Gasteiger partial charge is 0.290 e. The molecule has 5 heteroatoms. The zero-order chi connectivity index (χ0) is 16.9. The highest BCUT2D eigenvalue weighted by Gasteiger charge is 2.15. The molecule has 124 valence electrons. The van der Waals surface area contributed by atoms with Gasteiger partial charge in [0.05, 0.1) is 0 Å². The summed E-state index contributed by atoms with van der Waals surface area (Å²) in [4.78, 5) is 23.2. The Hall–Kier alpha value is -2.69. The lowest BCUT2D eigenvalue weighted by Gasteiger charge is -2.13. The summed E-state index contributed by atoms with van der Waals surface area (Å²) < 4.78 is 1.94. The van der Waals surface area contributed by atoms with E-state index in [4.69, 9.17) is 0 Å². The number of anilines is 2. The number of hydrogen-bond donors (Lipinski definition) is 2. The van der Waals surface area contributed by atoms with Crippen molar-refractivity contribution in [2.24, 2.45) is 0 Å². The Balaban J connectivity index is 1.60. The van der Waals surface area contributed by atoms with Gasteiger partial charge in [-0.3, -0.25) is 9.59 Å². The number of aromatic nitrogens is 1. The minimum atomic E-state index is -0.115. The van der Waals surface area contributed by atoms with Gasteiger partial charge in [-0.15, -0.1) is 0 Å². The highest BCUT2D eigenvalue weighted by Crippen LogP contribution is 2.18. The first kappa shape index (κ1) is 16.2. The Morgan fingerprint density at radius 2 is 1.58 bits per heavy atom. The molecule has 0 atom stereocenters. The number of aryl methyl sites for hydroxylation is 2. The molecule has 0 saturated carbocycles. The monoisotopic (exact) mass is 324 g/mol. The zero-order valence-corrected chi connectivity index (χ0v) is 13.8. The molecule has 1 aliphatic rings. The molecule has 1 heterocycles. The van der Waals surface area contributed by atoms with E-state index in [0.717, 1.165) is 12.8 Å². The van der Waals surface area contributed by atoms with Crippen LogP contribution in [0.25, 0.3) is 0 Å². The fourth-order valence-corrected chi connectivity index (χ4v) is 3.02. The van der Waals surface area contributed by atoms with Gasteiger partial charge >= 0.3 is 0 Å². The van der Waals surface area contributed by atoms with Gasteiger partial charge in [0.15, 0.2) is 12.4 Å². The van der Waals surface area contributed by atoms with E-state index >= 15 is 0 Å². The number of carbonyl (C=O) groups is 2. The molecule has 2 amide bonds. The van der Waals surface area contributed by atoms with Crippen molar-refractivity contribution < 1.29 is 14.2 Å². The molecule has 0 fully saturated rings. The second kappa shape index (κ2) is 7.25. The molecule has 2 N–H and O–H groups in total. The average molecular weight is 324 g/mol. The van der Waals surface area contributed by atoms with Gasteiger partial charge in [-0.2, -0.15) is 4.57 Å². The summed E-state index contributed by atoms with van der Waals surface area (Å²) in [5.41, 5.74) is 4.19. The molecule has 3 rings (SSSR count). The summed E-state index contributed by atoms with van der Waals surface area (Å²) in [6.45, 7) is 1.76. The number of hydrogen-bond acceptors (Lipinski definition) is 2. The summed E-state index contributed by atoms with van der Waals surface area (Å²) in [6, 6.07) is 9.22. The standard InChI is InChI=1S/C19H21N3O2/c1-14(23)20-17-6-8-18(9-7-17)21-19(24)13-22-11-10-15-4-2-3-5-16(15)12-22/h6-12H,2-5,13H2,1H3,(H-,20,21,23,24)/p+1. The van der Waals surface area contributed by atoms with Crippen molar-refractivity contribution in [1.29, 1.82) is 0 Å². The summed E-state index contributed by atoms with van der Waals surface area (Å²) in [5.74, 6) is -0.182. The summed E-state index contributed by atoms with van der Waals surface area (Å²) in [7, 11) is 0. The molecule has 0 unspecified atom stereocenters. The van der Waals surface area contributed by atoms with Crippen LogP contribution in [-0.4, -0.2) is 11.8 Å². The van der Waals surface area contributed by atoms with Crippen LogP contribution in [-0.2, 0) is 29.0 Å². The van der Waals surface area contributed by atoms with E-state index < -0.39 is 0 Å². The van der Waals surface area contributed by atoms with E-state index in [1.165, 1.54) is 30.9 Å². The van der Waals surface area contributed by atoms with Gasteiger partial charge in [0, 0.05) is 29.9 Å². The number of pyridine rings is 1. The van der Waals surface area contributed by atoms with E-state index in [2.05, 4.69) is 22.9 Å². The van der Waals surface area contributed by atoms with Gasteiger partial charge < -0.3 is 10.6 Å². The molecule has 0 saturated heterocycles. The molecule has 5 nitrogen and oxygen atoms in total. The van der Waals surface area contributed by atoms with Crippen LogP contribution < -0.4 is 15.2 Å². The number of rotatable bonds is 4. The Bertz CT molecular complexity index is 754. The number of nitrogens with zero attached hydrogens (tertiary/aromatic N) is 1. The van der Waals surface area contributed by atoms with E-state index in [-0.39, 0.29) is 11.8 Å². The SMILES string of the molecule is CC(=O)Nc1ccc(NC(=O)C[n+]2ccc3c(c2)CCCC3)cc1. The van der Waals surface area contributed by atoms with Gasteiger partial charge in [0.2, 0.25) is 12.5 Å². The van der Waals surface area contributed by atoms with E-state index in [9.17, 15) is 9.59 Å². The van der Waals surface area contributed by atoms with Crippen molar-refractivity contribution in [3.05, 3.63) is 53.9 Å². The Kier molecular flexibility index (Phi) is 4.89. The van der Waals surface area contributed by atoms with Gasteiger partial charge in [-0.1, -0.05) is 0 Å². The van der Waals surface area contributed by atoms with Crippen LogP contribution in [0.3, 0.4) is 0 Å². The van der Waals surface area contributed by atoms with Crippen LogP contribution in [0.15, 0.2) is 42.7 Å². The second-order valence-corrected chi connectivity index (χ2v) is 6.18. The van der Waals surface area contributed by atoms with E-state index in [1.54, 1.807) is 24.3 Å². The highest BCUT2D eigenvalue weighted by atomic mass is 16.2. The van der Waals surface area contributed by atoms with Gasteiger partial charge in [-0.05, 0) is 55.5 Å². The first-order valence-electron chi connectivity index (χ1n) is 8.28. The van der Waals surface area contributed by atoms with E-state index in [1.807, 2.05) is 10.8 Å². The van der Waals surface area contributed by atoms with Crippen molar-refractivity contribution in [2.45, 2.75) is 39.2 Å². The first-order chi connectivity index (χ1) is 11.6. The minimum absolute atomic E-state index is 0.0666. The number of amides is 2. The molecule has 24 heavy (non-hydrogen) atoms. The molecular weight excluding hydrogens is 302 g/mol. The molecule has 2 aromatic rings. The van der Waals surface area contributed by atoms with Crippen LogP contribution in [0.1, 0.15) is 30.9 Å². The van der Waals surface area contributed by atoms with Crippen LogP contribution in [0.2, 0.25) is 0 Å². The van der Waals surface area contributed by atoms with Gasteiger partial charge in [0.1, 0.15) is 0 Å². The second-order valence-electron chi connectivity index (χ2n) is 6.18. The topological polar surface area (TPSA) is 62.1 Å². The summed E-state index contributed by atoms with van der Waals surface area (Å²) in [6.07, 6.45) is 8.79. The van der Waals surface area contributed by atoms with E-state index in [0.29, 0.717) is 17.9 Å². The molecular formula is C19H22N3O2+. The molecule has 0 aliphatic heterocycles. The fraction of sp³-hybridized carbons (Fsp3) is 0.316. The number of benzene rings is 1. The number of fused-ring (bicyclic) bond motifs is 1. The quantitative estimate of drug-likeness (QED) is 0.849. The third-order valence-corrected chi connectivity index (χ3v) is 4.16. The van der Waals surface area contributed by atoms with Crippen LogP contribution >= 0.6 is 0 Å². The lowest BCUT2D eigenvalue weighted by molar-refractivity contribution is -0.684. The molecule has 1 aromatic carbocycles. The molecule has 0 radical (unpaired) electrons. The van der Waals surface area contributed by atoms with Crippen LogP contribution in [0.5, 0.6) is 0 Å². The van der Waals surface area contributed by atoms with Crippen molar-refractivity contribution in [1.82, 2.24) is 0 Å². The number of carbonyl (C=O) groups excluding carboxylic acids is 2. The van der Waals surface area contributed by atoms with Crippen LogP contribution in [0, 0.1) is 0 Å². The summed E-state index contributed by atoms with van der Waals surface area (Å²) >= 11 is 0. The van der Waals surface area contributed by atoms with Gasteiger partial charge in [-0.25, -0.2) is 0 Å². The third kappa shape index (κ3) is 4.19. The Morgan fingerprint density at radius 3 is 2.25 bits per heavy atom. The predicted molar refractivity (Wildman–Crippen MR) is 92.7 cm³/mol. The van der Waals surface area contributed by atoms with Crippen molar-refractivity contribution in [3.63, 3.8) is 0 Å². The third-order valence-electron chi connectivity index (χ3n) is 4.16. The fourth-order valence-electron chi connectivity index (χ4n) is 3.02. The lowest BCUT2D eigenvalue weighted by Crippen LogP contribution is -2.40. The predicted octanol–water partition coefficient (Wildman–Crippen LogP) is 2.45. The number of nitrogens with one attached hydrogen (secondary N) is 2. The lowest BCUT2D eigenvalue weighted by atomic mass is 9.93. The van der Waals surface area contributed by atoms with Gasteiger partial charge in [0.25, 0.3) is 5.91 Å². The first-order valence-corrected chi connectivity index (χ1v) is 8.28. The molecule has 1 aliphatic carbocycles.